The number of rotatable bonds is 3. The van der Waals surface area contributed by atoms with E-state index in [9.17, 15) is 0 Å². The molecule has 2 aromatic carbocycles. The van der Waals surface area contributed by atoms with Gasteiger partial charge in [-0.2, -0.15) is 0 Å². The monoisotopic (exact) mass is 302 g/mol. The molecule has 110 valence electrons. The molecule has 0 aliphatic rings. The van der Waals surface area contributed by atoms with Crippen molar-refractivity contribution >= 4 is 29.8 Å². The summed E-state index contributed by atoms with van der Waals surface area (Å²) in [6.07, 6.45) is 3.06. The van der Waals surface area contributed by atoms with E-state index in [0.717, 1.165) is 23.1 Å². The lowest BCUT2D eigenvalue weighted by Crippen LogP contribution is -1.93. The first-order valence-electron chi connectivity index (χ1n) is 6.53. The number of anilines is 1. The van der Waals surface area contributed by atoms with Crippen molar-refractivity contribution in [1.82, 2.24) is 0 Å². The van der Waals surface area contributed by atoms with Crippen molar-refractivity contribution in [2.75, 3.05) is 5.73 Å². The summed E-state index contributed by atoms with van der Waals surface area (Å²) in [6.45, 7) is 5.96. The van der Waals surface area contributed by atoms with Gasteiger partial charge in [0.05, 0.1) is 0 Å². The van der Waals surface area contributed by atoms with Crippen LogP contribution in [0.2, 0.25) is 5.02 Å². The molecule has 4 heteroatoms. The molecule has 0 aliphatic heterocycles. The Hall–Kier alpha value is -2.26. The third-order valence-electron chi connectivity index (χ3n) is 3.05. The SMILES string of the molecule is C=Cc1c(N)cc(Cl)cc1-c1ccc(CC)cc1.NC=O. The Kier molecular flexibility index (Phi) is 6.50. The first-order valence-corrected chi connectivity index (χ1v) is 6.91. The van der Waals surface area contributed by atoms with Crippen molar-refractivity contribution in [3.63, 3.8) is 0 Å². The molecule has 0 heterocycles. The van der Waals surface area contributed by atoms with E-state index in [2.05, 4.69) is 43.5 Å². The maximum Gasteiger partial charge on any atom is 0.204 e. The van der Waals surface area contributed by atoms with Crippen molar-refractivity contribution in [2.24, 2.45) is 5.73 Å². The fourth-order valence-corrected chi connectivity index (χ4v) is 2.25. The fourth-order valence-electron chi connectivity index (χ4n) is 2.03. The van der Waals surface area contributed by atoms with Gasteiger partial charge in [0.25, 0.3) is 0 Å². The molecule has 1 amide bonds. The van der Waals surface area contributed by atoms with Crippen molar-refractivity contribution in [2.45, 2.75) is 13.3 Å². The molecule has 0 radical (unpaired) electrons. The number of nitrogen functional groups attached to an aromatic ring is 1. The zero-order chi connectivity index (χ0) is 15.8. The number of benzene rings is 2. The van der Waals surface area contributed by atoms with Crippen LogP contribution in [-0.4, -0.2) is 6.41 Å². The largest absolute Gasteiger partial charge is 0.398 e. The van der Waals surface area contributed by atoms with Gasteiger partial charge >= 0.3 is 0 Å². The minimum atomic E-state index is 0.250. The number of halogens is 1. The number of amides is 1. The molecule has 0 bridgehead atoms. The van der Waals surface area contributed by atoms with Crippen LogP contribution in [-0.2, 0) is 11.2 Å². The van der Waals surface area contributed by atoms with Crippen LogP contribution in [0.25, 0.3) is 17.2 Å². The predicted octanol–water partition coefficient (Wildman–Crippen LogP) is 3.90. The van der Waals surface area contributed by atoms with Gasteiger partial charge < -0.3 is 11.5 Å². The number of nitrogens with two attached hydrogens (primary N) is 2. The maximum absolute atomic E-state index is 8.58. The van der Waals surface area contributed by atoms with Crippen LogP contribution in [0.4, 0.5) is 5.69 Å². The Morgan fingerprint density at radius 3 is 2.29 bits per heavy atom. The summed E-state index contributed by atoms with van der Waals surface area (Å²) in [5.74, 6) is 0. The third kappa shape index (κ3) is 4.36. The summed E-state index contributed by atoms with van der Waals surface area (Å²) < 4.78 is 0. The number of primary amides is 1. The third-order valence-corrected chi connectivity index (χ3v) is 3.27. The van der Waals surface area contributed by atoms with Crippen molar-refractivity contribution < 1.29 is 4.79 Å². The Labute approximate surface area is 130 Å². The van der Waals surface area contributed by atoms with Gasteiger partial charge in [-0.3, -0.25) is 4.79 Å². The highest BCUT2D eigenvalue weighted by molar-refractivity contribution is 6.31. The van der Waals surface area contributed by atoms with Crippen LogP contribution in [0.5, 0.6) is 0 Å². The molecule has 2 aromatic rings. The first kappa shape index (κ1) is 16.8. The predicted molar refractivity (Wildman–Crippen MR) is 91.0 cm³/mol. The summed E-state index contributed by atoms with van der Waals surface area (Å²) in [5, 5.41) is 0.646. The molecule has 2 rings (SSSR count). The fraction of sp³-hybridized carbons (Fsp3) is 0.118. The molecule has 0 unspecified atom stereocenters. The molecule has 0 atom stereocenters. The molecular weight excluding hydrogens is 284 g/mol. The van der Waals surface area contributed by atoms with Gasteiger partial charge in [-0.15, -0.1) is 0 Å². The standard InChI is InChI=1S/C16H16ClN.CH3NO/c1-3-11-5-7-12(8-6-11)15-9-13(17)10-16(18)14(15)4-2;2-1-3/h4-10H,2-3,18H2,1H3;1H,(H2,2,3). The summed E-state index contributed by atoms with van der Waals surface area (Å²) in [6, 6.07) is 12.1. The molecule has 0 aliphatic carbocycles. The van der Waals surface area contributed by atoms with E-state index in [-0.39, 0.29) is 6.41 Å². The van der Waals surface area contributed by atoms with Crippen LogP contribution in [0, 0.1) is 0 Å². The molecule has 4 N–H and O–H groups in total. The van der Waals surface area contributed by atoms with E-state index in [1.165, 1.54) is 5.56 Å². The quantitative estimate of drug-likeness (QED) is 0.667. The van der Waals surface area contributed by atoms with Crippen LogP contribution in [0.3, 0.4) is 0 Å². The van der Waals surface area contributed by atoms with Gasteiger partial charge in [-0.05, 0) is 35.2 Å². The summed E-state index contributed by atoms with van der Waals surface area (Å²) >= 11 is 6.07. The Balaban J connectivity index is 0.000000677. The Morgan fingerprint density at radius 2 is 1.81 bits per heavy atom. The van der Waals surface area contributed by atoms with Crippen LogP contribution in [0.1, 0.15) is 18.1 Å². The number of aryl methyl sites for hydroxylation is 1. The van der Waals surface area contributed by atoms with Crippen molar-refractivity contribution in [3.8, 4) is 11.1 Å². The number of hydrogen-bond donors (Lipinski definition) is 2. The highest BCUT2D eigenvalue weighted by Crippen LogP contribution is 2.32. The van der Waals surface area contributed by atoms with Gasteiger partial charge in [0.15, 0.2) is 0 Å². The number of hydrogen-bond acceptors (Lipinski definition) is 2. The van der Waals surface area contributed by atoms with Gasteiger partial charge in [-0.1, -0.05) is 55.4 Å². The normalized spacial score (nSPS) is 9.43. The Bertz CT molecular complexity index is 621. The topological polar surface area (TPSA) is 69.1 Å². The molecule has 0 fully saturated rings. The lowest BCUT2D eigenvalue weighted by molar-refractivity contribution is -0.106. The summed E-state index contributed by atoms with van der Waals surface area (Å²) in [5.41, 5.74) is 15.2. The highest BCUT2D eigenvalue weighted by atomic mass is 35.5. The lowest BCUT2D eigenvalue weighted by Gasteiger charge is -2.11. The zero-order valence-electron chi connectivity index (χ0n) is 12.0. The molecule has 0 saturated carbocycles. The average molecular weight is 303 g/mol. The summed E-state index contributed by atoms with van der Waals surface area (Å²) in [7, 11) is 0. The van der Waals surface area contributed by atoms with Gasteiger partial charge in [0.2, 0.25) is 6.41 Å². The second-order valence-corrected chi connectivity index (χ2v) is 4.78. The second kappa shape index (κ2) is 8.12. The van der Waals surface area contributed by atoms with E-state index < -0.39 is 0 Å². The first-order chi connectivity index (χ1) is 10.1. The van der Waals surface area contributed by atoms with E-state index in [1.807, 2.05) is 6.07 Å². The lowest BCUT2D eigenvalue weighted by atomic mass is 9.97. The highest BCUT2D eigenvalue weighted by Gasteiger charge is 2.07. The molecule has 21 heavy (non-hydrogen) atoms. The molecular formula is C17H19ClN2O. The average Bonchev–Trinajstić information content (AvgIpc) is 2.47. The maximum atomic E-state index is 8.58. The second-order valence-electron chi connectivity index (χ2n) is 4.35. The van der Waals surface area contributed by atoms with Crippen molar-refractivity contribution in [3.05, 3.63) is 59.1 Å². The van der Waals surface area contributed by atoms with E-state index in [0.29, 0.717) is 10.7 Å². The van der Waals surface area contributed by atoms with E-state index in [4.69, 9.17) is 22.1 Å². The smallest absolute Gasteiger partial charge is 0.204 e. The van der Waals surface area contributed by atoms with Crippen LogP contribution < -0.4 is 11.5 Å². The van der Waals surface area contributed by atoms with E-state index in [1.54, 1.807) is 12.1 Å². The zero-order valence-corrected chi connectivity index (χ0v) is 12.7. The molecule has 3 nitrogen and oxygen atoms in total. The Morgan fingerprint density at radius 1 is 1.24 bits per heavy atom. The molecule has 0 aromatic heterocycles. The number of carbonyl (C=O) groups is 1. The number of carbonyl (C=O) groups excluding carboxylic acids is 1. The van der Waals surface area contributed by atoms with Crippen LogP contribution >= 0.6 is 11.6 Å². The van der Waals surface area contributed by atoms with Crippen molar-refractivity contribution in [1.29, 1.82) is 0 Å². The van der Waals surface area contributed by atoms with Gasteiger partial charge in [-0.25, -0.2) is 0 Å². The molecule has 0 spiro atoms. The van der Waals surface area contributed by atoms with Gasteiger partial charge in [0, 0.05) is 16.3 Å². The van der Waals surface area contributed by atoms with Crippen LogP contribution in [0.15, 0.2) is 43.0 Å². The van der Waals surface area contributed by atoms with E-state index >= 15 is 0 Å². The minimum Gasteiger partial charge on any atom is -0.398 e. The molecule has 0 saturated heterocycles. The summed E-state index contributed by atoms with van der Waals surface area (Å²) in [4.78, 5) is 8.58. The minimum absolute atomic E-state index is 0.250. The van der Waals surface area contributed by atoms with Gasteiger partial charge in [0.1, 0.15) is 0 Å².